The van der Waals surface area contributed by atoms with Crippen molar-refractivity contribution in [2.45, 2.75) is 39.2 Å². The van der Waals surface area contributed by atoms with Crippen molar-refractivity contribution >= 4 is 12.0 Å². The van der Waals surface area contributed by atoms with Crippen molar-refractivity contribution in [2.75, 3.05) is 20.2 Å². The molecule has 2 amide bonds. The number of ether oxygens (including phenoxy) is 2. The zero-order chi connectivity index (χ0) is 26.3. The predicted octanol–water partition coefficient (Wildman–Crippen LogP) is 4.67. The van der Waals surface area contributed by atoms with Crippen LogP contribution in [-0.4, -0.2) is 47.6 Å². The summed E-state index contributed by atoms with van der Waals surface area (Å²) < 4.78 is 38.5. The predicted molar refractivity (Wildman–Crippen MR) is 131 cm³/mol. The van der Waals surface area contributed by atoms with E-state index in [1.54, 1.807) is 52.1 Å². The van der Waals surface area contributed by atoms with Gasteiger partial charge in [-0.25, -0.2) is 18.3 Å². The van der Waals surface area contributed by atoms with E-state index in [9.17, 15) is 18.4 Å². The van der Waals surface area contributed by atoms with Gasteiger partial charge in [0.1, 0.15) is 17.0 Å². The number of nitrogens with one attached hydrogen (secondary N) is 2. The average molecular weight is 501 g/mol. The Morgan fingerprint density at radius 3 is 2.28 bits per heavy atom. The van der Waals surface area contributed by atoms with Crippen LogP contribution in [0.3, 0.4) is 0 Å². The molecule has 0 spiro atoms. The summed E-state index contributed by atoms with van der Waals surface area (Å²) in [4.78, 5) is 23.6. The highest BCUT2D eigenvalue weighted by atomic mass is 19.3. The molecule has 0 saturated heterocycles. The fourth-order valence-corrected chi connectivity index (χ4v) is 3.35. The molecule has 1 aromatic heterocycles. The lowest BCUT2D eigenvalue weighted by Gasteiger charge is -2.19. The molecule has 0 atom stereocenters. The van der Waals surface area contributed by atoms with Crippen molar-refractivity contribution in [3.8, 4) is 22.7 Å². The molecule has 0 aliphatic carbocycles. The number of alkyl halides is 2. The Morgan fingerprint density at radius 1 is 1.03 bits per heavy atom. The first-order chi connectivity index (χ1) is 17.1. The zero-order valence-corrected chi connectivity index (χ0v) is 20.7. The lowest BCUT2D eigenvalue weighted by Crippen LogP contribution is -2.40. The molecule has 2 N–H and O–H groups in total. The molecule has 8 nitrogen and oxygen atoms in total. The summed E-state index contributed by atoms with van der Waals surface area (Å²) in [7, 11) is 1.55. The van der Waals surface area contributed by atoms with Crippen LogP contribution in [0.25, 0.3) is 16.9 Å². The number of amides is 2. The maximum Gasteiger partial charge on any atom is 0.408 e. The molecule has 0 aliphatic rings. The van der Waals surface area contributed by atoms with Crippen molar-refractivity contribution in [1.29, 1.82) is 0 Å². The van der Waals surface area contributed by atoms with Crippen LogP contribution < -0.4 is 15.4 Å². The summed E-state index contributed by atoms with van der Waals surface area (Å²) in [6, 6.07) is 15.7. The third-order valence-electron chi connectivity index (χ3n) is 5.05. The monoisotopic (exact) mass is 500 g/mol. The molecule has 36 heavy (non-hydrogen) atoms. The SMILES string of the molecule is COc1ccc(-n2nc(C(F)F)cc2-c2ccc(CCNC(=O)CNC(=O)OC(C)(C)C)cc2)cc1. The van der Waals surface area contributed by atoms with Gasteiger partial charge in [0.15, 0.2) is 0 Å². The molecular weight excluding hydrogens is 470 g/mol. The van der Waals surface area contributed by atoms with Gasteiger partial charge in [-0.1, -0.05) is 24.3 Å². The molecule has 0 radical (unpaired) electrons. The van der Waals surface area contributed by atoms with Crippen molar-refractivity contribution in [3.05, 3.63) is 65.9 Å². The summed E-state index contributed by atoms with van der Waals surface area (Å²) in [6.45, 7) is 5.40. The highest BCUT2D eigenvalue weighted by Crippen LogP contribution is 2.29. The number of carbonyl (C=O) groups excluding carboxylic acids is 2. The number of halogens is 2. The molecule has 3 aromatic rings. The molecule has 192 valence electrons. The van der Waals surface area contributed by atoms with Crippen molar-refractivity contribution < 1.29 is 27.8 Å². The minimum absolute atomic E-state index is 0.185. The van der Waals surface area contributed by atoms with E-state index in [4.69, 9.17) is 9.47 Å². The fourth-order valence-electron chi connectivity index (χ4n) is 3.35. The Hall–Kier alpha value is -3.95. The summed E-state index contributed by atoms with van der Waals surface area (Å²) in [5.41, 5.74) is 1.88. The maximum absolute atomic E-state index is 13.4. The number of aromatic nitrogens is 2. The lowest BCUT2D eigenvalue weighted by atomic mass is 10.1. The van der Waals surface area contributed by atoms with E-state index in [1.807, 2.05) is 24.3 Å². The summed E-state index contributed by atoms with van der Waals surface area (Å²) in [5, 5.41) is 9.23. The van der Waals surface area contributed by atoms with Crippen LogP contribution in [0.5, 0.6) is 5.75 Å². The van der Waals surface area contributed by atoms with Gasteiger partial charge in [0.25, 0.3) is 6.43 Å². The van der Waals surface area contributed by atoms with Crippen molar-refractivity contribution in [3.63, 3.8) is 0 Å². The highest BCUT2D eigenvalue weighted by molar-refractivity contribution is 5.82. The third kappa shape index (κ3) is 7.53. The maximum atomic E-state index is 13.4. The molecule has 0 unspecified atom stereocenters. The molecule has 3 rings (SSSR count). The van der Waals surface area contributed by atoms with Crippen LogP contribution in [-0.2, 0) is 16.0 Å². The van der Waals surface area contributed by atoms with Gasteiger partial charge in [0.2, 0.25) is 5.91 Å². The normalized spacial score (nSPS) is 11.3. The Bertz CT molecular complexity index is 1170. The smallest absolute Gasteiger partial charge is 0.408 e. The number of hydrogen-bond donors (Lipinski definition) is 2. The molecule has 2 aromatic carbocycles. The number of methoxy groups -OCH3 is 1. The van der Waals surface area contributed by atoms with Gasteiger partial charge in [-0.3, -0.25) is 4.79 Å². The highest BCUT2D eigenvalue weighted by Gasteiger charge is 2.18. The number of carbonyl (C=O) groups is 2. The molecule has 0 aliphatic heterocycles. The Labute approximate surface area is 208 Å². The molecule has 10 heteroatoms. The minimum Gasteiger partial charge on any atom is -0.497 e. The van der Waals surface area contributed by atoms with Crippen LogP contribution in [0.15, 0.2) is 54.6 Å². The second kappa shape index (κ2) is 11.7. The Balaban J connectivity index is 1.61. The number of alkyl carbamates (subject to hydrolysis) is 1. The van der Waals surface area contributed by atoms with Crippen LogP contribution in [0.2, 0.25) is 0 Å². The summed E-state index contributed by atoms with van der Waals surface area (Å²) >= 11 is 0. The largest absolute Gasteiger partial charge is 0.497 e. The third-order valence-corrected chi connectivity index (χ3v) is 5.05. The number of nitrogens with zero attached hydrogens (tertiary/aromatic N) is 2. The fraction of sp³-hybridized carbons (Fsp3) is 0.346. The van der Waals surface area contributed by atoms with Crippen LogP contribution >= 0.6 is 0 Å². The average Bonchev–Trinajstić information content (AvgIpc) is 3.28. The van der Waals surface area contributed by atoms with E-state index in [0.29, 0.717) is 30.1 Å². The lowest BCUT2D eigenvalue weighted by molar-refractivity contribution is -0.120. The van der Waals surface area contributed by atoms with E-state index in [-0.39, 0.29) is 18.1 Å². The van der Waals surface area contributed by atoms with Gasteiger partial charge < -0.3 is 20.1 Å². The minimum atomic E-state index is -2.70. The van der Waals surface area contributed by atoms with E-state index < -0.39 is 18.1 Å². The quantitative estimate of drug-likeness (QED) is 0.445. The number of benzene rings is 2. The van der Waals surface area contributed by atoms with E-state index >= 15 is 0 Å². The van der Waals surface area contributed by atoms with Gasteiger partial charge in [0.05, 0.1) is 25.0 Å². The molecular formula is C26H30F2N4O4. The second-order valence-electron chi connectivity index (χ2n) is 9.02. The zero-order valence-electron chi connectivity index (χ0n) is 20.7. The first-order valence-electron chi connectivity index (χ1n) is 11.4. The molecule has 1 heterocycles. The summed E-state index contributed by atoms with van der Waals surface area (Å²) in [5.74, 6) is 0.319. The van der Waals surface area contributed by atoms with Gasteiger partial charge in [-0.05, 0) is 63.1 Å². The van der Waals surface area contributed by atoms with Gasteiger partial charge in [-0.15, -0.1) is 0 Å². The van der Waals surface area contributed by atoms with Gasteiger partial charge in [0, 0.05) is 12.1 Å². The van der Waals surface area contributed by atoms with Crippen LogP contribution in [0.1, 0.15) is 38.5 Å². The van der Waals surface area contributed by atoms with Gasteiger partial charge >= 0.3 is 6.09 Å². The topological polar surface area (TPSA) is 94.5 Å². The Kier molecular flexibility index (Phi) is 8.63. The van der Waals surface area contributed by atoms with Crippen LogP contribution in [0.4, 0.5) is 13.6 Å². The van der Waals surface area contributed by atoms with E-state index in [1.165, 1.54) is 10.7 Å². The van der Waals surface area contributed by atoms with E-state index in [2.05, 4.69) is 15.7 Å². The molecule has 0 bridgehead atoms. The Morgan fingerprint density at radius 2 is 1.69 bits per heavy atom. The second-order valence-corrected chi connectivity index (χ2v) is 9.02. The molecule has 0 saturated carbocycles. The first kappa shape index (κ1) is 26.7. The van der Waals surface area contributed by atoms with Crippen molar-refractivity contribution in [1.82, 2.24) is 20.4 Å². The van der Waals surface area contributed by atoms with Crippen molar-refractivity contribution in [2.24, 2.45) is 0 Å². The van der Waals surface area contributed by atoms with Gasteiger partial charge in [-0.2, -0.15) is 5.10 Å². The first-order valence-corrected chi connectivity index (χ1v) is 11.4. The molecule has 0 fully saturated rings. The standard InChI is InChI=1S/C26H30F2N4O4/c1-26(2,3)36-25(34)30-16-23(33)29-14-13-17-5-7-18(8-6-17)22-15-21(24(27)28)31-32(22)19-9-11-20(35-4)12-10-19/h5-12,15,24H,13-14,16H2,1-4H3,(H,29,33)(H,30,34). The van der Waals surface area contributed by atoms with Crippen LogP contribution in [0, 0.1) is 0 Å². The number of hydrogen-bond acceptors (Lipinski definition) is 5. The number of rotatable bonds is 9. The van der Waals surface area contributed by atoms with E-state index in [0.717, 1.165) is 11.1 Å². The summed E-state index contributed by atoms with van der Waals surface area (Å²) in [6.07, 6.45) is -2.80.